The van der Waals surface area contributed by atoms with E-state index < -0.39 is 22.5 Å². The van der Waals surface area contributed by atoms with Gasteiger partial charge in [0.15, 0.2) is 0 Å². The second kappa shape index (κ2) is 5.22. The van der Waals surface area contributed by atoms with Crippen LogP contribution in [-0.2, 0) is 0 Å². The zero-order valence-corrected chi connectivity index (χ0v) is 9.90. The summed E-state index contributed by atoms with van der Waals surface area (Å²) >= 11 is 0. The smallest absolute Gasteiger partial charge is 0.335 e. The molecule has 0 saturated carbocycles. The van der Waals surface area contributed by atoms with Crippen LogP contribution >= 0.6 is 0 Å². The second-order valence-electron chi connectivity index (χ2n) is 3.76. The topological polar surface area (TPSA) is 123 Å². The van der Waals surface area contributed by atoms with Gasteiger partial charge in [-0.05, 0) is 18.2 Å². The highest BCUT2D eigenvalue weighted by molar-refractivity contribution is 6.05. The third-order valence-corrected chi connectivity index (χ3v) is 2.47. The number of benzene rings is 1. The van der Waals surface area contributed by atoms with Gasteiger partial charge >= 0.3 is 5.97 Å². The molecule has 0 bridgehead atoms. The molecule has 2 rings (SSSR count). The quantitative estimate of drug-likeness (QED) is 0.651. The molecule has 2 N–H and O–H groups in total. The number of nitrogens with one attached hydrogen (secondary N) is 1. The number of furan rings is 1. The Kier molecular flexibility index (Phi) is 3.47. The average Bonchev–Trinajstić information content (AvgIpc) is 2.92. The summed E-state index contributed by atoms with van der Waals surface area (Å²) in [6, 6.07) is 4.61. The van der Waals surface area contributed by atoms with Crippen LogP contribution in [0, 0.1) is 10.1 Å². The normalized spacial score (nSPS) is 10.0. The fourth-order valence-electron chi connectivity index (χ4n) is 1.51. The largest absolute Gasteiger partial charge is 0.478 e. The van der Waals surface area contributed by atoms with E-state index in [0.29, 0.717) is 0 Å². The number of nitro benzene ring substituents is 1. The van der Waals surface area contributed by atoms with E-state index in [1.54, 1.807) is 0 Å². The first kappa shape index (κ1) is 13.3. The zero-order valence-electron chi connectivity index (χ0n) is 9.90. The number of nitro groups is 1. The fraction of sp³-hybridized carbons (Fsp3) is 0. The molecule has 0 aliphatic carbocycles. The number of hydrogen-bond donors (Lipinski definition) is 2. The average molecular weight is 276 g/mol. The van der Waals surface area contributed by atoms with Gasteiger partial charge in [-0.15, -0.1) is 0 Å². The first-order chi connectivity index (χ1) is 9.49. The molecule has 0 spiro atoms. The number of carbonyl (C=O) groups excluding carboxylic acids is 1. The number of nitrogens with zero attached hydrogens (tertiary/aromatic N) is 1. The van der Waals surface area contributed by atoms with Gasteiger partial charge in [0.2, 0.25) is 0 Å². The molecule has 1 aromatic carbocycles. The van der Waals surface area contributed by atoms with Crippen LogP contribution in [0.25, 0.3) is 0 Å². The van der Waals surface area contributed by atoms with E-state index >= 15 is 0 Å². The molecule has 0 radical (unpaired) electrons. The molecular formula is C12H8N2O6. The van der Waals surface area contributed by atoms with Crippen LogP contribution in [0.3, 0.4) is 0 Å². The monoisotopic (exact) mass is 276 g/mol. The minimum Gasteiger partial charge on any atom is -0.478 e. The molecule has 2 aromatic rings. The number of carbonyl (C=O) groups is 2. The predicted octanol–water partition coefficient (Wildman–Crippen LogP) is 2.14. The van der Waals surface area contributed by atoms with Crippen molar-refractivity contribution < 1.29 is 24.0 Å². The first-order valence-corrected chi connectivity index (χ1v) is 5.34. The summed E-state index contributed by atoms with van der Waals surface area (Å²) in [4.78, 5) is 32.7. The van der Waals surface area contributed by atoms with Gasteiger partial charge in [0.25, 0.3) is 11.6 Å². The molecule has 20 heavy (non-hydrogen) atoms. The highest BCUT2D eigenvalue weighted by atomic mass is 16.6. The molecule has 0 aliphatic heterocycles. The maximum Gasteiger partial charge on any atom is 0.335 e. The van der Waals surface area contributed by atoms with E-state index in [9.17, 15) is 19.7 Å². The van der Waals surface area contributed by atoms with Crippen molar-refractivity contribution in [3.05, 3.63) is 58.0 Å². The lowest BCUT2D eigenvalue weighted by Gasteiger charge is -2.05. The lowest BCUT2D eigenvalue weighted by atomic mass is 10.1. The zero-order chi connectivity index (χ0) is 14.7. The number of rotatable bonds is 4. The van der Waals surface area contributed by atoms with Crippen molar-refractivity contribution in [3.63, 3.8) is 0 Å². The van der Waals surface area contributed by atoms with Crippen LogP contribution in [0.5, 0.6) is 0 Å². The minimum atomic E-state index is -1.29. The molecule has 0 saturated heterocycles. The Morgan fingerprint density at radius 1 is 1.25 bits per heavy atom. The fourth-order valence-corrected chi connectivity index (χ4v) is 1.51. The van der Waals surface area contributed by atoms with Gasteiger partial charge in [0.1, 0.15) is 12.0 Å². The Hall–Kier alpha value is -3.16. The number of carboxylic acids is 1. The van der Waals surface area contributed by atoms with Crippen LogP contribution in [0.15, 0.2) is 41.2 Å². The Labute approximate surface area is 111 Å². The Morgan fingerprint density at radius 2 is 2.00 bits per heavy atom. The Balaban J connectivity index is 2.34. The molecule has 1 aromatic heterocycles. The summed E-state index contributed by atoms with van der Waals surface area (Å²) in [6.07, 6.45) is 2.48. The molecule has 1 amide bonds. The number of hydrogen-bond acceptors (Lipinski definition) is 5. The van der Waals surface area contributed by atoms with Crippen molar-refractivity contribution in [3.8, 4) is 0 Å². The van der Waals surface area contributed by atoms with Crippen LogP contribution in [0.4, 0.5) is 11.4 Å². The van der Waals surface area contributed by atoms with Crippen LogP contribution in [0.2, 0.25) is 0 Å². The summed E-state index contributed by atoms with van der Waals surface area (Å²) < 4.78 is 4.73. The maximum absolute atomic E-state index is 11.8. The van der Waals surface area contributed by atoms with Crippen molar-refractivity contribution in [1.29, 1.82) is 0 Å². The molecule has 102 valence electrons. The standard InChI is InChI=1S/C12H8N2O6/c15-11(8-3-4-20-6-8)13-9-2-1-7(12(16)17)5-10(9)14(18)19/h1-6H,(H,13,15)(H,16,17). The van der Waals surface area contributed by atoms with E-state index in [2.05, 4.69) is 5.32 Å². The molecule has 0 aliphatic rings. The van der Waals surface area contributed by atoms with E-state index in [1.807, 2.05) is 0 Å². The van der Waals surface area contributed by atoms with Gasteiger partial charge in [0.05, 0.1) is 22.3 Å². The van der Waals surface area contributed by atoms with Crippen molar-refractivity contribution in [2.24, 2.45) is 0 Å². The van der Waals surface area contributed by atoms with Crippen LogP contribution in [-0.4, -0.2) is 21.9 Å². The van der Waals surface area contributed by atoms with E-state index in [0.717, 1.165) is 6.07 Å². The summed E-state index contributed by atoms with van der Waals surface area (Å²) in [7, 11) is 0. The van der Waals surface area contributed by atoms with Crippen molar-refractivity contribution in [2.75, 3.05) is 5.32 Å². The molecule has 0 atom stereocenters. The lowest BCUT2D eigenvalue weighted by Crippen LogP contribution is -2.12. The van der Waals surface area contributed by atoms with Gasteiger partial charge in [-0.25, -0.2) is 4.79 Å². The van der Waals surface area contributed by atoms with Gasteiger partial charge in [-0.1, -0.05) is 0 Å². The molecule has 0 fully saturated rings. The minimum absolute atomic E-state index is 0.0915. The maximum atomic E-state index is 11.8. The van der Waals surface area contributed by atoms with E-state index in [1.165, 1.54) is 30.7 Å². The summed E-state index contributed by atoms with van der Waals surface area (Å²) in [5.74, 6) is -1.88. The third-order valence-electron chi connectivity index (χ3n) is 2.47. The van der Waals surface area contributed by atoms with Gasteiger partial charge in [0, 0.05) is 6.07 Å². The third kappa shape index (κ3) is 2.64. The summed E-state index contributed by atoms with van der Waals surface area (Å²) in [5.41, 5.74) is -0.632. The van der Waals surface area contributed by atoms with Gasteiger partial charge < -0.3 is 14.8 Å². The lowest BCUT2D eigenvalue weighted by molar-refractivity contribution is -0.383. The molecule has 8 nitrogen and oxygen atoms in total. The number of anilines is 1. The SMILES string of the molecule is O=C(O)c1ccc(NC(=O)c2ccoc2)c([N+](=O)[O-])c1. The van der Waals surface area contributed by atoms with Crippen LogP contribution in [0.1, 0.15) is 20.7 Å². The summed E-state index contributed by atoms with van der Waals surface area (Å²) in [5, 5.41) is 22.0. The van der Waals surface area contributed by atoms with Crippen molar-refractivity contribution in [2.45, 2.75) is 0 Å². The van der Waals surface area contributed by atoms with Crippen molar-refractivity contribution >= 4 is 23.3 Å². The molecule has 8 heteroatoms. The molecule has 1 heterocycles. The van der Waals surface area contributed by atoms with E-state index in [4.69, 9.17) is 9.52 Å². The summed E-state index contributed by atoms with van der Waals surface area (Å²) in [6.45, 7) is 0. The molecule has 0 unspecified atom stereocenters. The number of aromatic carboxylic acids is 1. The predicted molar refractivity (Wildman–Crippen MR) is 66.7 cm³/mol. The van der Waals surface area contributed by atoms with E-state index in [-0.39, 0.29) is 16.8 Å². The first-order valence-electron chi connectivity index (χ1n) is 5.34. The number of carboxylic acid groups (broad SMARTS) is 1. The van der Waals surface area contributed by atoms with Crippen molar-refractivity contribution in [1.82, 2.24) is 0 Å². The second-order valence-corrected chi connectivity index (χ2v) is 3.76. The highest BCUT2D eigenvalue weighted by Gasteiger charge is 2.19. The van der Waals surface area contributed by atoms with Gasteiger partial charge in [-0.3, -0.25) is 14.9 Å². The Morgan fingerprint density at radius 3 is 2.55 bits per heavy atom. The molecular weight excluding hydrogens is 268 g/mol. The highest BCUT2D eigenvalue weighted by Crippen LogP contribution is 2.26. The van der Waals surface area contributed by atoms with Crippen LogP contribution < -0.4 is 5.32 Å². The Bertz CT molecular complexity index is 677. The number of amides is 1. The van der Waals surface area contributed by atoms with Gasteiger partial charge in [-0.2, -0.15) is 0 Å².